The molecule has 1 saturated carbocycles. The molecule has 2 aliphatic carbocycles. The lowest BCUT2D eigenvalue weighted by Gasteiger charge is -2.26. The molecule has 0 aliphatic heterocycles. The first kappa shape index (κ1) is 15.1. The number of ether oxygens (including phenoxy) is 2. The zero-order valence-corrected chi connectivity index (χ0v) is 12.8. The number of hydrogen-bond donors (Lipinski definition) is 0. The summed E-state index contributed by atoms with van der Waals surface area (Å²) < 4.78 is 10.7. The molecule has 0 amide bonds. The van der Waals surface area contributed by atoms with Crippen molar-refractivity contribution in [3.8, 4) is 0 Å². The Hall–Kier alpha value is -1.32. The van der Waals surface area contributed by atoms with Gasteiger partial charge in [0.15, 0.2) is 0 Å². The largest absolute Gasteiger partial charge is 0.463 e. The maximum atomic E-state index is 12.3. The summed E-state index contributed by atoms with van der Waals surface area (Å²) in [6.07, 6.45) is 3.78. The second kappa shape index (κ2) is 5.58. The van der Waals surface area contributed by atoms with Gasteiger partial charge in [0.2, 0.25) is 0 Å². The Bertz CT molecular complexity index is 386. The van der Waals surface area contributed by atoms with E-state index in [0.29, 0.717) is 5.92 Å². The molecule has 0 saturated heterocycles. The Kier molecular flexibility index (Phi) is 4.21. The lowest BCUT2D eigenvalue weighted by molar-refractivity contribution is -0.165. The molecule has 2 rings (SSSR count). The van der Waals surface area contributed by atoms with Gasteiger partial charge >= 0.3 is 11.9 Å². The minimum atomic E-state index is -0.395. The summed E-state index contributed by atoms with van der Waals surface area (Å²) in [5.41, 5.74) is 0. The maximum Gasteiger partial charge on any atom is 0.310 e. The lowest BCUT2D eigenvalue weighted by Crippen LogP contribution is -2.37. The number of allylic oxidation sites excluding steroid dienone is 2. The first-order chi connectivity index (χ1) is 9.32. The molecule has 0 N–H and O–H groups in total. The zero-order chi connectivity index (χ0) is 15.0. The van der Waals surface area contributed by atoms with E-state index in [2.05, 4.69) is 19.1 Å². The average Bonchev–Trinajstić information content (AvgIpc) is 2.80. The molecule has 0 aromatic rings. The fourth-order valence-electron chi connectivity index (χ4n) is 3.47. The predicted molar refractivity (Wildman–Crippen MR) is 74.7 cm³/mol. The van der Waals surface area contributed by atoms with Crippen LogP contribution in [0.5, 0.6) is 0 Å². The molecule has 2 aliphatic rings. The highest BCUT2D eigenvalue weighted by atomic mass is 16.6. The highest BCUT2D eigenvalue weighted by Gasteiger charge is 2.57. The van der Waals surface area contributed by atoms with E-state index >= 15 is 0 Å². The van der Waals surface area contributed by atoms with Crippen LogP contribution < -0.4 is 0 Å². The summed E-state index contributed by atoms with van der Waals surface area (Å²) in [5, 5.41) is 0. The van der Waals surface area contributed by atoms with Crippen LogP contribution in [0.15, 0.2) is 12.2 Å². The summed E-state index contributed by atoms with van der Waals surface area (Å²) in [7, 11) is 0. The second-order valence-electron chi connectivity index (χ2n) is 6.42. The standard InChI is InChI=1S/C16H24O4/c1-8(2)19-15(17)13-11-6-7-12(10(11)5)14(13)16(18)20-9(3)4/h6-14H,1-5H3. The molecule has 112 valence electrons. The summed E-state index contributed by atoms with van der Waals surface area (Å²) in [4.78, 5) is 24.7. The van der Waals surface area contributed by atoms with E-state index in [0.717, 1.165) is 0 Å². The Morgan fingerprint density at radius 2 is 1.20 bits per heavy atom. The van der Waals surface area contributed by atoms with Crippen LogP contribution in [0.3, 0.4) is 0 Å². The number of esters is 2. The van der Waals surface area contributed by atoms with Crippen LogP contribution in [0.2, 0.25) is 0 Å². The van der Waals surface area contributed by atoms with Gasteiger partial charge in [0, 0.05) is 0 Å². The van der Waals surface area contributed by atoms with Crippen molar-refractivity contribution in [1.82, 2.24) is 0 Å². The summed E-state index contributed by atoms with van der Waals surface area (Å²) in [6, 6.07) is 0. The summed E-state index contributed by atoms with van der Waals surface area (Å²) in [5.74, 6) is -0.845. The van der Waals surface area contributed by atoms with Crippen LogP contribution in [-0.2, 0) is 19.1 Å². The highest BCUT2D eigenvalue weighted by Crippen LogP contribution is 2.52. The predicted octanol–water partition coefficient (Wildman–Crippen LogP) is 2.57. The maximum absolute atomic E-state index is 12.3. The van der Waals surface area contributed by atoms with Crippen molar-refractivity contribution in [3.05, 3.63) is 12.2 Å². The quantitative estimate of drug-likeness (QED) is 0.586. The van der Waals surface area contributed by atoms with Crippen molar-refractivity contribution in [2.75, 3.05) is 0 Å². The van der Waals surface area contributed by atoms with Crippen molar-refractivity contribution in [2.24, 2.45) is 29.6 Å². The van der Waals surface area contributed by atoms with Gasteiger partial charge in [-0.15, -0.1) is 0 Å². The molecule has 0 radical (unpaired) electrons. The highest BCUT2D eigenvalue weighted by molar-refractivity contribution is 5.84. The van der Waals surface area contributed by atoms with E-state index in [4.69, 9.17) is 9.47 Å². The molecule has 4 unspecified atom stereocenters. The van der Waals surface area contributed by atoms with Gasteiger partial charge in [-0.2, -0.15) is 0 Å². The molecule has 4 heteroatoms. The molecular formula is C16H24O4. The van der Waals surface area contributed by atoms with Crippen LogP contribution in [0.25, 0.3) is 0 Å². The molecule has 4 nitrogen and oxygen atoms in total. The zero-order valence-electron chi connectivity index (χ0n) is 12.8. The SMILES string of the molecule is CC(C)OC(=O)C1C2C=CC(C2C)C1C(=O)OC(C)C. The third-order valence-corrected chi connectivity index (χ3v) is 4.23. The van der Waals surface area contributed by atoms with Crippen molar-refractivity contribution in [3.63, 3.8) is 0 Å². The van der Waals surface area contributed by atoms with Gasteiger partial charge in [-0.1, -0.05) is 19.1 Å². The first-order valence-corrected chi connectivity index (χ1v) is 7.42. The van der Waals surface area contributed by atoms with Crippen molar-refractivity contribution in [1.29, 1.82) is 0 Å². The molecule has 0 aromatic heterocycles. The van der Waals surface area contributed by atoms with Gasteiger partial charge in [0.05, 0.1) is 24.0 Å². The van der Waals surface area contributed by atoms with Crippen LogP contribution >= 0.6 is 0 Å². The third kappa shape index (κ3) is 2.60. The van der Waals surface area contributed by atoms with E-state index in [1.807, 2.05) is 27.7 Å². The lowest BCUT2D eigenvalue weighted by atomic mass is 9.83. The Labute approximate surface area is 120 Å². The first-order valence-electron chi connectivity index (χ1n) is 7.42. The minimum Gasteiger partial charge on any atom is -0.463 e. The minimum absolute atomic E-state index is 0.0935. The number of carbonyl (C=O) groups is 2. The Morgan fingerprint density at radius 1 is 0.850 bits per heavy atom. The topological polar surface area (TPSA) is 52.6 Å². The van der Waals surface area contributed by atoms with E-state index < -0.39 is 11.8 Å². The average molecular weight is 280 g/mol. The van der Waals surface area contributed by atoms with Crippen LogP contribution in [0, 0.1) is 29.6 Å². The Balaban J connectivity index is 2.21. The van der Waals surface area contributed by atoms with Gasteiger partial charge < -0.3 is 9.47 Å². The van der Waals surface area contributed by atoms with Gasteiger partial charge in [0.25, 0.3) is 0 Å². The number of hydrogen-bond acceptors (Lipinski definition) is 4. The Morgan fingerprint density at radius 3 is 1.50 bits per heavy atom. The van der Waals surface area contributed by atoms with Crippen molar-refractivity contribution >= 4 is 11.9 Å². The van der Waals surface area contributed by atoms with E-state index in [1.54, 1.807) is 0 Å². The van der Waals surface area contributed by atoms with Gasteiger partial charge in [-0.05, 0) is 45.4 Å². The number of rotatable bonds is 4. The fourth-order valence-corrected chi connectivity index (χ4v) is 3.47. The molecule has 1 fully saturated rings. The van der Waals surface area contributed by atoms with Crippen LogP contribution in [-0.4, -0.2) is 24.1 Å². The second-order valence-corrected chi connectivity index (χ2v) is 6.42. The van der Waals surface area contributed by atoms with Gasteiger partial charge in [-0.25, -0.2) is 0 Å². The monoisotopic (exact) mass is 280 g/mol. The summed E-state index contributed by atoms with van der Waals surface area (Å²) in [6.45, 7) is 9.39. The number of fused-ring (bicyclic) bond motifs is 2. The molecule has 20 heavy (non-hydrogen) atoms. The molecular weight excluding hydrogens is 256 g/mol. The number of carbonyl (C=O) groups excluding carboxylic acids is 2. The van der Waals surface area contributed by atoms with E-state index in [9.17, 15) is 9.59 Å². The van der Waals surface area contributed by atoms with Gasteiger partial charge in [-0.3, -0.25) is 9.59 Å². The van der Waals surface area contributed by atoms with Crippen molar-refractivity contribution < 1.29 is 19.1 Å². The molecule has 4 atom stereocenters. The molecule has 0 spiro atoms. The molecule has 0 heterocycles. The van der Waals surface area contributed by atoms with Crippen LogP contribution in [0.4, 0.5) is 0 Å². The van der Waals surface area contributed by atoms with Gasteiger partial charge in [0.1, 0.15) is 0 Å². The van der Waals surface area contributed by atoms with E-state index in [1.165, 1.54) is 0 Å². The molecule has 2 bridgehead atoms. The molecule has 0 aromatic carbocycles. The van der Waals surface area contributed by atoms with Crippen molar-refractivity contribution in [2.45, 2.75) is 46.8 Å². The fraction of sp³-hybridized carbons (Fsp3) is 0.750. The van der Waals surface area contributed by atoms with E-state index in [-0.39, 0.29) is 36.0 Å². The normalized spacial score (nSPS) is 34.9. The smallest absolute Gasteiger partial charge is 0.310 e. The summed E-state index contributed by atoms with van der Waals surface area (Å²) >= 11 is 0. The third-order valence-electron chi connectivity index (χ3n) is 4.23. The van der Waals surface area contributed by atoms with Crippen LogP contribution in [0.1, 0.15) is 34.6 Å².